The van der Waals surface area contributed by atoms with Gasteiger partial charge in [0.1, 0.15) is 0 Å². The number of hydrogen-bond acceptors (Lipinski definition) is 4. The minimum Gasteiger partial charge on any atom is -0.481 e. The van der Waals surface area contributed by atoms with Crippen LogP contribution in [-0.2, 0) is 11.3 Å². The average Bonchev–Trinajstić information content (AvgIpc) is 2.85. The SMILES string of the molecule is Cc1nc(CN2CCC(C(=O)O)(C(F)(F)F)C2)cs1. The highest BCUT2D eigenvalue weighted by Crippen LogP contribution is 2.45. The largest absolute Gasteiger partial charge is 0.481 e. The van der Waals surface area contributed by atoms with Crippen molar-refractivity contribution < 1.29 is 23.1 Å². The summed E-state index contributed by atoms with van der Waals surface area (Å²) in [5.41, 5.74) is -1.95. The molecule has 0 aliphatic carbocycles. The lowest BCUT2D eigenvalue weighted by Gasteiger charge is -2.27. The van der Waals surface area contributed by atoms with E-state index in [1.54, 1.807) is 5.38 Å². The monoisotopic (exact) mass is 294 g/mol. The number of hydrogen-bond donors (Lipinski definition) is 1. The van der Waals surface area contributed by atoms with Gasteiger partial charge in [0.25, 0.3) is 0 Å². The molecule has 2 rings (SSSR count). The molecule has 1 aromatic heterocycles. The number of halogens is 3. The smallest absolute Gasteiger partial charge is 0.406 e. The van der Waals surface area contributed by atoms with Gasteiger partial charge in [-0.25, -0.2) is 4.98 Å². The Hall–Kier alpha value is -1.15. The van der Waals surface area contributed by atoms with Crippen molar-refractivity contribution in [3.05, 3.63) is 16.1 Å². The van der Waals surface area contributed by atoms with Gasteiger partial charge >= 0.3 is 12.1 Å². The Bertz CT molecular complexity index is 489. The molecular weight excluding hydrogens is 281 g/mol. The van der Waals surface area contributed by atoms with Crippen molar-refractivity contribution in [1.82, 2.24) is 9.88 Å². The van der Waals surface area contributed by atoms with E-state index >= 15 is 0 Å². The number of carboxylic acids is 1. The number of aliphatic carboxylic acids is 1. The van der Waals surface area contributed by atoms with Crippen LogP contribution in [0.1, 0.15) is 17.1 Å². The minimum atomic E-state index is -4.73. The first-order chi connectivity index (χ1) is 8.74. The highest BCUT2D eigenvalue weighted by molar-refractivity contribution is 7.09. The fourth-order valence-corrected chi connectivity index (χ4v) is 2.86. The maximum absolute atomic E-state index is 13.0. The van der Waals surface area contributed by atoms with Gasteiger partial charge in [0, 0.05) is 25.0 Å². The maximum atomic E-state index is 13.0. The van der Waals surface area contributed by atoms with Gasteiger partial charge in [-0.3, -0.25) is 9.69 Å². The van der Waals surface area contributed by atoms with Crippen molar-refractivity contribution >= 4 is 17.3 Å². The van der Waals surface area contributed by atoms with Crippen LogP contribution in [0.4, 0.5) is 13.2 Å². The standard InChI is InChI=1S/C11H13F3N2O2S/c1-7-15-8(5-19-7)4-16-3-2-10(6-16,9(17)18)11(12,13)14/h5H,2-4,6H2,1H3,(H,17,18). The van der Waals surface area contributed by atoms with Crippen LogP contribution in [-0.4, -0.2) is 40.2 Å². The molecule has 0 amide bonds. The molecule has 2 heterocycles. The number of alkyl halides is 3. The Morgan fingerprint density at radius 3 is 2.74 bits per heavy atom. The molecule has 19 heavy (non-hydrogen) atoms. The molecule has 1 N–H and O–H groups in total. The van der Waals surface area contributed by atoms with Gasteiger partial charge in [-0.05, 0) is 13.3 Å². The molecule has 1 aliphatic heterocycles. The molecule has 0 aromatic carbocycles. The lowest BCUT2D eigenvalue weighted by atomic mass is 9.86. The quantitative estimate of drug-likeness (QED) is 0.929. The normalized spacial score (nSPS) is 24.8. The molecule has 0 radical (unpaired) electrons. The van der Waals surface area contributed by atoms with Gasteiger partial charge in [0.05, 0.1) is 10.7 Å². The number of carbonyl (C=O) groups is 1. The summed E-state index contributed by atoms with van der Waals surface area (Å²) in [5.74, 6) is -1.79. The zero-order valence-electron chi connectivity index (χ0n) is 10.2. The molecule has 1 unspecified atom stereocenters. The second-order valence-corrected chi connectivity index (χ2v) is 5.77. The maximum Gasteiger partial charge on any atom is 0.406 e. The fraction of sp³-hybridized carbons (Fsp3) is 0.636. The van der Waals surface area contributed by atoms with Crippen LogP contribution < -0.4 is 0 Å². The van der Waals surface area contributed by atoms with Crippen molar-refractivity contribution in [1.29, 1.82) is 0 Å². The topological polar surface area (TPSA) is 53.4 Å². The summed E-state index contributed by atoms with van der Waals surface area (Å²) < 4.78 is 38.9. The highest BCUT2D eigenvalue weighted by atomic mass is 32.1. The Kier molecular flexibility index (Phi) is 3.57. The van der Waals surface area contributed by atoms with Crippen LogP contribution in [0.3, 0.4) is 0 Å². The van der Waals surface area contributed by atoms with E-state index in [1.807, 2.05) is 6.92 Å². The summed E-state index contributed by atoms with van der Waals surface area (Å²) in [6.45, 7) is 1.68. The van der Waals surface area contributed by atoms with Crippen LogP contribution in [0.5, 0.6) is 0 Å². The molecule has 8 heteroatoms. The summed E-state index contributed by atoms with van der Waals surface area (Å²) in [6, 6.07) is 0. The van der Waals surface area contributed by atoms with Crippen LogP contribution in [0.25, 0.3) is 0 Å². The molecule has 1 atom stereocenters. The third-order valence-electron chi connectivity index (χ3n) is 3.35. The van der Waals surface area contributed by atoms with Gasteiger partial charge < -0.3 is 5.11 Å². The second-order valence-electron chi connectivity index (χ2n) is 4.70. The molecule has 0 saturated carbocycles. The van der Waals surface area contributed by atoms with E-state index in [9.17, 15) is 18.0 Å². The summed E-state index contributed by atoms with van der Waals surface area (Å²) in [7, 11) is 0. The Balaban J connectivity index is 2.11. The predicted octanol–water partition coefficient (Wildman–Crippen LogP) is 2.29. The number of likely N-dealkylation sites (tertiary alicyclic amines) is 1. The van der Waals surface area contributed by atoms with E-state index in [4.69, 9.17) is 5.11 Å². The number of carboxylic acid groups (broad SMARTS) is 1. The van der Waals surface area contributed by atoms with Crippen LogP contribution in [0.2, 0.25) is 0 Å². The fourth-order valence-electron chi connectivity index (χ4n) is 2.26. The summed E-state index contributed by atoms with van der Waals surface area (Å²) >= 11 is 1.42. The molecule has 0 spiro atoms. The van der Waals surface area contributed by atoms with Crippen LogP contribution >= 0.6 is 11.3 Å². The first kappa shape index (κ1) is 14.3. The Morgan fingerprint density at radius 1 is 1.63 bits per heavy atom. The van der Waals surface area contributed by atoms with Crippen molar-refractivity contribution in [2.75, 3.05) is 13.1 Å². The van der Waals surface area contributed by atoms with Crippen LogP contribution in [0, 0.1) is 12.3 Å². The minimum absolute atomic E-state index is 0.113. The molecule has 1 saturated heterocycles. The summed E-state index contributed by atoms with van der Waals surface area (Å²) in [4.78, 5) is 16.7. The Labute approximate surface area is 111 Å². The molecule has 1 aromatic rings. The molecule has 1 aliphatic rings. The van der Waals surface area contributed by atoms with E-state index in [1.165, 1.54) is 16.2 Å². The van der Waals surface area contributed by atoms with Crippen molar-refractivity contribution in [3.8, 4) is 0 Å². The predicted molar refractivity (Wildman–Crippen MR) is 62.9 cm³/mol. The van der Waals surface area contributed by atoms with Gasteiger partial charge in [0.15, 0.2) is 5.41 Å². The van der Waals surface area contributed by atoms with Crippen LogP contribution in [0.15, 0.2) is 5.38 Å². The number of aromatic nitrogens is 1. The van der Waals surface area contributed by atoms with Gasteiger partial charge in [-0.2, -0.15) is 13.2 Å². The van der Waals surface area contributed by atoms with Crippen molar-refractivity contribution in [3.63, 3.8) is 0 Å². The van der Waals surface area contributed by atoms with Gasteiger partial charge in [-0.15, -0.1) is 11.3 Å². The summed E-state index contributed by atoms with van der Waals surface area (Å²) in [6.07, 6.45) is -5.14. The second kappa shape index (κ2) is 4.75. The van der Waals surface area contributed by atoms with Gasteiger partial charge in [-0.1, -0.05) is 0 Å². The zero-order chi connectivity index (χ0) is 14.3. The van der Waals surface area contributed by atoms with E-state index in [-0.39, 0.29) is 13.1 Å². The van der Waals surface area contributed by atoms with Crippen molar-refractivity contribution in [2.24, 2.45) is 5.41 Å². The van der Waals surface area contributed by atoms with E-state index < -0.39 is 30.5 Å². The molecule has 0 bridgehead atoms. The average molecular weight is 294 g/mol. The molecule has 4 nitrogen and oxygen atoms in total. The van der Waals surface area contributed by atoms with Crippen molar-refractivity contribution in [2.45, 2.75) is 26.1 Å². The Morgan fingerprint density at radius 2 is 2.32 bits per heavy atom. The number of rotatable bonds is 3. The van der Waals surface area contributed by atoms with Gasteiger partial charge in [0.2, 0.25) is 0 Å². The zero-order valence-corrected chi connectivity index (χ0v) is 11.0. The van der Waals surface area contributed by atoms with E-state index in [2.05, 4.69) is 4.98 Å². The molecular formula is C11H13F3N2O2S. The summed E-state index contributed by atoms with van der Waals surface area (Å²) in [5, 5.41) is 11.6. The first-order valence-electron chi connectivity index (χ1n) is 5.68. The lowest BCUT2D eigenvalue weighted by molar-refractivity contribution is -0.227. The number of aryl methyl sites for hydroxylation is 1. The lowest BCUT2D eigenvalue weighted by Crippen LogP contribution is -2.47. The van der Waals surface area contributed by atoms with E-state index in [0.717, 1.165) is 5.01 Å². The number of nitrogens with zero attached hydrogens (tertiary/aromatic N) is 2. The highest BCUT2D eigenvalue weighted by Gasteiger charge is 2.63. The molecule has 1 fully saturated rings. The third-order valence-corrected chi connectivity index (χ3v) is 4.17. The molecule has 106 valence electrons. The first-order valence-corrected chi connectivity index (χ1v) is 6.56. The number of thiazole rings is 1. The van der Waals surface area contributed by atoms with E-state index in [0.29, 0.717) is 5.69 Å². The third kappa shape index (κ3) is 2.59.